The molecule has 1 amide bonds. The maximum atomic E-state index is 12.2. The molecule has 1 aliphatic rings. The Morgan fingerprint density at radius 1 is 1.19 bits per heavy atom. The molecule has 1 aliphatic heterocycles. The average molecular weight is 509 g/mol. The molecule has 198 valence electrons. The normalized spacial score (nSPS) is 18.4. The van der Waals surface area contributed by atoms with E-state index in [-0.39, 0.29) is 5.89 Å². The highest BCUT2D eigenvalue weighted by molar-refractivity contribution is 5.91. The topological polar surface area (TPSA) is 110 Å². The number of nitrogens with zero attached hydrogens (tertiary/aromatic N) is 4. The van der Waals surface area contributed by atoms with E-state index >= 15 is 0 Å². The fourth-order valence-corrected chi connectivity index (χ4v) is 4.39. The van der Waals surface area contributed by atoms with E-state index in [9.17, 15) is 9.90 Å². The van der Waals surface area contributed by atoms with E-state index in [4.69, 9.17) is 14.0 Å². The number of aromatic nitrogens is 2. The molecule has 1 saturated heterocycles. The molecule has 2 aromatic carbocycles. The van der Waals surface area contributed by atoms with Crippen LogP contribution in [0.3, 0.4) is 0 Å². The molecule has 37 heavy (non-hydrogen) atoms. The number of aliphatic imine (C=N–C) groups is 1. The van der Waals surface area contributed by atoms with Crippen LogP contribution in [0.15, 0.2) is 45.9 Å². The van der Waals surface area contributed by atoms with Gasteiger partial charge >= 0.3 is 6.09 Å². The Morgan fingerprint density at radius 2 is 1.95 bits per heavy atom. The predicted octanol–water partition coefficient (Wildman–Crippen LogP) is 5.92. The molecule has 2 atom stereocenters. The molecule has 1 aromatic heterocycles. The number of hydrogen-bond acceptors (Lipinski definition) is 7. The zero-order valence-corrected chi connectivity index (χ0v) is 22.2. The van der Waals surface area contributed by atoms with E-state index in [1.165, 1.54) is 6.42 Å². The summed E-state index contributed by atoms with van der Waals surface area (Å²) in [5.41, 5.74) is 0.159. The van der Waals surface area contributed by atoms with Crippen molar-refractivity contribution < 1.29 is 23.9 Å². The van der Waals surface area contributed by atoms with Gasteiger partial charge in [0.15, 0.2) is 0 Å². The van der Waals surface area contributed by atoms with Crippen molar-refractivity contribution in [2.45, 2.75) is 78.0 Å². The van der Waals surface area contributed by atoms with Crippen LogP contribution in [0.2, 0.25) is 0 Å². The van der Waals surface area contributed by atoms with E-state index < -0.39 is 23.8 Å². The standard InChI is InChI=1S/C28H36N4O5/c1-6-7-8-15-35-22-12-11-19-16-21(10-9-20(19)17-22)25-30-26(37-31-25)24-23(33)13-14-32(24)18(2)29-27(34)36-28(3,4)5/h9-12,16-17,23-24,33H,6-8,13-15H2,1-5H3/b29-18+/t23-,24-/m0/s1. The number of ether oxygens (including phenoxy) is 2. The van der Waals surface area contributed by atoms with Gasteiger partial charge in [-0.3, -0.25) is 0 Å². The molecule has 0 spiro atoms. The largest absolute Gasteiger partial charge is 0.494 e. The van der Waals surface area contributed by atoms with Gasteiger partial charge in [0, 0.05) is 12.1 Å². The van der Waals surface area contributed by atoms with Crippen molar-refractivity contribution in [3.8, 4) is 17.1 Å². The number of hydrogen-bond donors (Lipinski definition) is 1. The molecule has 9 nitrogen and oxygen atoms in total. The number of fused-ring (bicyclic) bond motifs is 1. The summed E-state index contributed by atoms with van der Waals surface area (Å²) in [4.78, 5) is 22.6. The highest BCUT2D eigenvalue weighted by Crippen LogP contribution is 2.33. The fourth-order valence-electron chi connectivity index (χ4n) is 4.39. The number of amides is 1. The Kier molecular flexibility index (Phi) is 8.12. The van der Waals surface area contributed by atoms with E-state index in [0.29, 0.717) is 24.6 Å². The number of likely N-dealkylation sites (tertiary alicyclic amines) is 1. The minimum atomic E-state index is -0.732. The molecular weight excluding hydrogens is 472 g/mol. The summed E-state index contributed by atoms with van der Waals surface area (Å²) in [6.45, 7) is 10.5. The quantitative estimate of drug-likeness (QED) is 0.238. The van der Waals surface area contributed by atoms with E-state index in [1.54, 1.807) is 32.6 Å². The van der Waals surface area contributed by atoms with Gasteiger partial charge in [-0.15, -0.1) is 0 Å². The van der Waals surface area contributed by atoms with Crippen LogP contribution in [0, 0.1) is 0 Å². The van der Waals surface area contributed by atoms with E-state index in [0.717, 1.165) is 41.5 Å². The Morgan fingerprint density at radius 3 is 2.70 bits per heavy atom. The summed E-state index contributed by atoms with van der Waals surface area (Å²) in [6.07, 6.45) is 2.45. The Hall–Kier alpha value is -3.46. The van der Waals surface area contributed by atoms with Gasteiger partial charge in [0.1, 0.15) is 23.2 Å². The molecule has 0 unspecified atom stereocenters. The van der Waals surface area contributed by atoms with Crippen molar-refractivity contribution in [1.82, 2.24) is 15.0 Å². The van der Waals surface area contributed by atoms with E-state index in [2.05, 4.69) is 22.1 Å². The molecule has 0 radical (unpaired) electrons. The lowest BCUT2D eigenvalue weighted by atomic mass is 10.1. The van der Waals surface area contributed by atoms with Gasteiger partial charge in [0.05, 0.1) is 12.7 Å². The van der Waals surface area contributed by atoms with Gasteiger partial charge in [0.25, 0.3) is 5.89 Å². The Bertz CT molecular complexity index is 1260. The highest BCUT2D eigenvalue weighted by Gasteiger charge is 2.39. The number of amidine groups is 1. The van der Waals surface area contributed by atoms with Crippen molar-refractivity contribution in [3.63, 3.8) is 0 Å². The van der Waals surface area contributed by atoms with Crippen molar-refractivity contribution in [3.05, 3.63) is 42.3 Å². The second-order valence-corrected chi connectivity index (χ2v) is 10.4. The van der Waals surface area contributed by atoms with Gasteiger partial charge in [-0.2, -0.15) is 9.98 Å². The second kappa shape index (κ2) is 11.3. The highest BCUT2D eigenvalue weighted by atomic mass is 16.6. The first-order valence-corrected chi connectivity index (χ1v) is 12.9. The number of aliphatic hydroxyl groups excluding tert-OH is 1. The van der Waals surface area contributed by atoms with Crippen LogP contribution in [-0.4, -0.2) is 56.9 Å². The lowest BCUT2D eigenvalue weighted by Gasteiger charge is -2.25. The first kappa shape index (κ1) is 26.6. The SMILES string of the molecule is CCCCCOc1ccc2cc(-c3noc([C@@H]4[C@@H](O)CCN4/C(C)=N/C(=O)OC(C)(C)C)n3)ccc2c1. The van der Waals surface area contributed by atoms with Crippen LogP contribution in [-0.2, 0) is 4.74 Å². The van der Waals surface area contributed by atoms with Crippen LogP contribution in [0.5, 0.6) is 5.75 Å². The van der Waals surface area contributed by atoms with Crippen molar-refractivity contribution >= 4 is 22.7 Å². The molecule has 4 rings (SSSR count). The van der Waals surface area contributed by atoms with Crippen LogP contribution in [0.25, 0.3) is 22.2 Å². The maximum Gasteiger partial charge on any atom is 0.435 e. The van der Waals surface area contributed by atoms with Crippen LogP contribution >= 0.6 is 0 Å². The first-order chi connectivity index (χ1) is 17.6. The molecule has 9 heteroatoms. The van der Waals surface area contributed by atoms with E-state index in [1.807, 2.05) is 36.4 Å². The fraction of sp³-hybridized carbons (Fsp3) is 0.500. The summed E-state index contributed by atoms with van der Waals surface area (Å²) in [7, 11) is 0. The van der Waals surface area contributed by atoms with Gasteiger partial charge in [-0.25, -0.2) is 4.79 Å². The minimum Gasteiger partial charge on any atom is -0.494 e. The molecule has 0 bridgehead atoms. The van der Waals surface area contributed by atoms with Gasteiger partial charge in [-0.1, -0.05) is 43.1 Å². The third-order valence-electron chi connectivity index (χ3n) is 6.21. The van der Waals surface area contributed by atoms with Crippen molar-refractivity contribution in [2.75, 3.05) is 13.2 Å². The number of carbonyl (C=O) groups excluding carboxylic acids is 1. The first-order valence-electron chi connectivity index (χ1n) is 12.9. The molecule has 3 aromatic rings. The zero-order chi connectivity index (χ0) is 26.6. The van der Waals surface area contributed by atoms with Crippen LogP contribution in [0.4, 0.5) is 4.79 Å². The molecule has 0 aliphatic carbocycles. The molecular formula is C28H36N4O5. The van der Waals surface area contributed by atoms with Gasteiger partial charge in [-0.05, 0) is 69.5 Å². The monoisotopic (exact) mass is 508 g/mol. The smallest absolute Gasteiger partial charge is 0.435 e. The van der Waals surface area contributed by atoms with Gasteiger partial charge in [0.2, 0.25) is 5.82 Å². The third-order valence-corrected chi connectivity index (χ3v) is 6.21. The summed E-state index contributed by atoms with van der Waals surface area (Å²) in [6, 6.07) is 11.4. The van der Waals surface area contributed by atoms with Crippen molar-refractivity contribution in [2.24, 2.45) is 4.99 Å². The number of carbonyl (C=O) groups is 1. The number of rotatable bonds is 7. The maximum absolute atomic E-state index is 12.2. The lowest BCUT2D eigenvalue weighted by Crippen LogP contribution is -2.33. The van der Waals surface area contributed by atoms with Gasteiger partial charge < -0.3 is 24.0 Å². The average Bonchev–Trinajstić information content (AvgIpc) is 3.47. The second-order valence-electron chi connectivity index (χ2n) is 10.4. The number of benzene rings is 2. The molecule has 0 saturated carbocycles. The number of unbranched alkanes of at least 4 members (excludes halogenated alkanes) is 2. The molecule has 1 N–H and O–H groups in total. The Balaban J connectivity index is 1.50. The molecule has 1 fully saturated rings. The Labute approximate surface area is 217 Å². The summed E-state index contributed by atoms with van der Waals surface area (Å²) in [5, 5.41) is 16.9. The van der Waals surface area contributed by atoms with Crippen LogP contribution < -0.4 is 4.74 Å². The predicted molar refractivity (Wildman–Crippen MR) is 142 cm³/mol. The summed E-state index contributed by atoms with van der Waals surface area (Å²) < 4.78 is 16.7. The minimum absolute atomic E-state index is 0.273. The lowest BCUT2D eigenvalue weighted by molar-refractivity contribution is 0.0599. The van der Waals surface area contributed by atoms with Crippen molar-refractivity contribution in [1.29, 1.82) is 0 Å². The molecule has 2 heterocycles. The number of aliphatic hydroxyl groups is 1. The zero-order valence-electron chi connectivity index (χ0n) is 22.2. The third kappa shape index (κ3) is 6.65. The summed E-state index contributed by atoms with van der Waals surface area (Å²) in [5.74, 6) is 1.98. The van der Waals surface area contributed by atoms with Crippen LogP contribution in [0.1, 0.15) is 72.2 Å². The summed E-state index contributed by atoms with van der Waals surface area (Å²) >= 11 is 0.